The Bertz CT molecular complexity index is 509. The molecule has 2 aliphatic heterocycles. The predicted molar refractivity (Wildman–Crippen MR) is 81.5 cm³/mol. The van der Waals surface area contributed by atoms with Gasteiger partial charge in [-0.25, -0.2) is 9.59 Å². The van der Waals surface area contributed by atoms with Gasteiger partial charge in [-0.3, -0.25) is 0 Å². The minimum Gasteiger partial charge on any atom is -0.489 e. The van der Waals surface area contributed by atoms with Crippen LogP contribution in [0.15, 0.2) is 24.3 Å². The van der Waals surface area contributed by atoms with E-state index in [1.807, 2.05) is 12.1 Å². The zero-order chi connectivity index (χ0) is 17.0. The first kappa shape index (κ1) is 18.0. The summed E-state index contributed by atoms with van der Waals surface area (Å²) in [6.07, 6.45) is -0.00273. The first-order valence-corrected chi connectivity index (χ1v) is 7.06. The van der Waals surface area contributed by atoms with Gasteiger partial charge in [0, 0.05) is 0 Å². The molecule has 0 saturated heterocycles. The van der Waals surface area contributed by atoms with E-state index >= 15 is 0 Å². The van der Waals surface area contributed by atoms with Gasteiger partial charge >= 0.3 is 11.9 Å². The van der Waals surface area contributed by atoms with Crippen molar-refractivity contribution in [2.75, 3.05) is 0 Å². The molecule has 0 amide bonds. The van der Waals surface area contributed by atoms with E-state index in [-0.39, 0.29) is 6.42 Å². The fraction of sp³-hybridized carbons (Fsp3) is 0.500. The molecule has 3 N–H and O–H groups in total. The van der Waals surface area contributed by atoms with E-state index in [0.29, 0.717) is 0 Å². The predicted octanol–water partition coefficient (Wildman–Crippen LogP) is 2.10. The van der Waals surface area contributed by atoms with Crippen molar-refractivity contribution in [2.45, 2.75) is 51.9 Å². The highest BCUT2D eigenvalue weighted by Gasteiger charge is 2.43. The molecule has 122 valence electrons. The maximum Gasteiger partial charge on any atom is 0.338 e. The first-order valence-electron chi connectivity index (χ1n) is 7.06. The van der Waals surface area contributed by atoms with Crippen LogP contribution in [-0.2, 0) is 20.9 Å². The van der Waals surface area contributed by atoms with Crippen LogP contribution in [0.4, 0.5) is 0 Å². The molecule has 0 aliphatic carbocycles. The maximum atomic E-state index is 11.4. The molecule has 2 heterocycles. The Kier molecular flexibility index (Phi) is 5.54. The molecule has 1 unspecified atom stereocenters. The van der Waals surface area contributed by atoms with E-state index < -0.39 is 23.1 Å². The fourth-order valence-electron chi connectivity index (χ4n) is 1.60. The zero-order valence-electron chi connectivity index (χ0n) is 13.4. The van der Waals surface area contributed by atoms with E-state index in [2.05, 4.69) is 12.1 Å². The number of aliphatic carboxylic acids is 1. The van der Waals surface area contributed by atoms with Crippen molar-refractivity contribution in [1.29, 1.82) is 0 Å². The van der Waals surface area contributed by atoms with Gasteiger partial charge in [0.1, 0.15) is 18.0 Å². The summed E-state index contributed by atoms with van der Waals surface area (Å²) in [6.45, 7) is 7.26. The summed E-state index contributed by atoms with van der Waals surface area (Å²) in [4.78, 5) is 22.2. The maximum absolute atomic E-state index is 11.4. The number of ether oxygens (including phenoxy) is 2. The van der Waals surface area contributed by atoms with E-state index in [1.165, 1.54) is 12.5 Å². The lowest BCUT2D eigenvalue weighted by molar-refractivity contribution is -0.169. The minimum absolute atomic E-state index is 0.00273. The molecule has 1 atom stereocenters. The number of carboxylic acids is 1. The van der Waals surface area contributed by atoms with Gasteiger partial charge in [0.2, 0.25) is 5.54 Å². The molecule has 0 saturated carbocycles. The third-order valence-corrected chi connectivity index (χ3v) is 3.03. The second kappa shape index (κ2) is 6.79. The van der Waals surface area contributed by atoms with Gasteiger partial charge in [-0.05, 0) is 44.9 Å². The third-order valence-electron chi connectivity index (χ3n) is 3.03. The largest absolute Gasteiger partial charge is 0.489 e. The highest BCUT2D eigenvalue weighted by molar-refractivity contribution is 6.03. The second-order valence-corrected chi connectivity index (χ2v) is 6.06. The van der Waals surface area contributed by atoms with Crippen molar-refractivity contribution in [3.63, 3.8) is 0 Å². The van der Waals surface area contributed by atoms with E-state index in [4.69, 9.17) is 20.3 Å². The number of rotatable bonds is 3. The molecule has 0 radical (unpaired) electrons. The number of esters is 1. The quantitative estimate of drug-likeness (QED) is 0.655. The number of carbonyl (C=O) groups excluding carboxylic acids is 1. The monoisotopic (exact) mass is 309 g/mol. The van der Waals surface area contributed by atoms with Gasteiger partial charge in [0.05, 0.1) is 0 Å². The van der Waals surface area contributed by atoms with Crippen molar-refractivity contribution < 1.29 is 24.2 Å². The van der Waals surface area contributed by atoms with Crippen molar-refractivity contribution >= 4 is 11.9 Å². The molecule has 2 bridgehead atoms. The Hall–Kier alpha value is -2.08. The zero-order valence-corrected chi connectivity index (χ0v) is 13.4. The van der Waals surface area contributed by atoms with Crippen LogP contribution < -0.4 is 10.5 Å². The number of nitrogens with two attached hydrogens (primary N) is 1. The normalized spacial score (nSPS) is 15.0. The average molecular weight is 309 g/mol. The van der Waals surface area contributed by atoms with Crippen LogP contribution in [0.1, 0.15) is 39.7 Å². The molecule has 0 spiro atoms. The second-order valence-electron chi connectivity index (χ2n) is 6.06. The number of carboxylic acid groups (broad SMARTS) is 1. The molecular weight excluding hydrogens is 286 g/mol. The number of hydrogen-bond donors (Lipinski definition) is 2. The van der Waals surface area contributed by atoms with Gasteiger partial charge < -0.3 is 20.3 Å². The SMILES string of the molecule is CCC(N)(C(=O)O)C(=O)OC(C)(C)C.c1cc2ccc1CO2. The van der Waals surface area contributed by atoms with Crippen LogP contribution >= 0.6 is 0 Å². The van der Waals surface area contributed by atoms with Crippen LogP contribution in [0.5, 0.6) is 5.75 Å². The van der Waals surface area contributed by atoms with Gasteiger partial charge in [-0.2, -0.15) is 0 Å². The van der Waals surface area contributed by atoms with E-state index in [9.17, 15) is 9.59 Å². The summed E-state index contributed by atoms with van der Waals surface area (Å²) in [5.74, 6) is -1.28. The van der Waals surface area contributed by atoms with Crippen LogP contribution in [0.3, 0.4) is 0 Å². The van der Waals surface area contributed by atoms with Crippen molar-refractivity contribution in [2.24, 2.45) is 5.73 Å². The molecule has 0 fully saturated rings. The molecule has 6 nitrogen and oxygen atoms in total. The lowest BCUT2D eigenvalue weighted by Crippen LogP contribution is -2.56. The summed E-state index contributed by atoms with van der Waals surface area (Å²) >= 11 is 0. The van der Waals surface area contributed by atoms with E-state index in [0.717, 1.165) is 12.4 Å². The molecule has 6 heteroatoms. The van der Waals surface area contributed by atoms with Gasteiger partial charge in [-0.1, -0.05) is 19.1 Å². The number of benzene rings is 1. The smallest absolute Gasteiger partial charge is 0.338 e. The van der Waals surface area contributed by atoms with Gasteiger partial charge in [0.25, 0.3) is 0 Å². The van der Waals surface area contributed by atoms with Gasteiger partial charge in [0.15, 0.2) is 0 Å². The Morgan fingerprint density at radius 3 is 2.00 bits per heavy atom. The summed E-state index contributed by atoms with van der Waals surface area (Å²) in [5, 5.41) is 8.77. The summed E-state index contributed by atoms with van der Waals surface area (Å²) < 4.78 is 10.1. The molecule has 1 aromatic carbocycles. The number of fused-ring (bicyclic) bond motifs is 3. The van der Waals surface area contributed by atoms with Crippen LogP contribution in [0.2, 0.25) is 0 Å². The molecule has 2 aliphatic rings. The van der Waals surface area contributed by atoms with Gasteiger partial charge in [-0.15, -0.1) is 0 Å². The Balaban J connectivity index is 0.000000249. The van der Waals surface area contributed by atoms with Crippen molar-refractivity contribution in [1.82, 2.24) is 0 Å². The number of carbonyl (C=O) groups is 2. The molecular formula is C16H23NO5. The summed E-state index contributed by atoms with van der Waals surface area (Å²) in [7, 11) is 0. The Morgan fingerprint density at radius 1 is 1.27 bits per heavy atom. The van der Waals surface area contributed by atoms with Crippen molar-refractivity contribution in [3.8, 4) is 5.75 Å². The van der Waals surface area contributed by atoms with Crippen molar-refractivity contribution in [3.05, 3.63) is 29.8 Å². The molecule has 1 aromatic rings. The number of hydrogen-bond acceptors (Lipinski definition) is 5. The highest BCUT2D eigenvalue weighted by atomic mass is 16.6. The average Bonchev–Trinajstić information content (AvgIpc) is 2.47. The molecule has 22 heavy (non-hydrogen) atoms. The third kappa shape index (κ3) is 4.73. The highest BCUT2D eigenvalue weighted by Crippen LogP contribution is 2.19. The first-order chi connectivity index (χ1) is 10.1. The lowest BCUT2D eigenvalue weighted by atomic mass is 9.98. The molecule has 0 aromatic heterocycles. The lowest BCUT2D eigenvalue weighted by Gasteiger charge is -2.27. The Morgan fingerprint density at radius 2 is 1.82 bits per heavy atom. The minimum atomic E-state index is -1.94. The van der Waals surface area contributed by atoms with Crippen LogP contribution in [0.25, 0.3) is 0 Å². The summed E-state index contributed by atoms with van der Waals surface area (Å²) in [5.41, 5.74) is 4.01. The topological polar surface area (TPSA) is 98.9 Å². The van der Waals surface area contributed by atoms with Crippen LogP contribution in [-0.4, -0.2) is 28.2 Å². The standard InChI is InChI=1S/C9H17NO4.C7H6O/c1-5-9(10,6(11)12)7(13)14-8(2,3)4;1-3-7-4-2-6(1)5-8-7/h5,10H2,1-4H3,(H,11,12);1-4H,5H2. The fourth-order valence-corrected chi connectivity index (χ4v) is 1.60. The molecule has 3 rings (SSSR count). The van der Waals surface area contributed by atoms with E-state index in [1.54, 1.807) is 20.8 Å². The Labute approximate surface area is 130 Å². The summed E-state index contributed by atoms with van der Waals surface area (Å²) in [6, 6.07) is 8.13. The van der Waals surface area contributed by atoms with Crippen LogP contribution in [0, 0.1) is 0 Å².